The van der Waals surface area contributed by atoms with Crippen molar-refractivity contribution >= 4 is 29.9 Å². The standard InChI is InChI=1S/C21H36FN5.HI/c1-5-23-20(24-10-13-27-12-7-11-26(4)14-15-27)25-17-21(2,3)18-8-6-9-19(22)16-18;/h6,8-9,16H,5,7,10-15,17H2,1-4H3,(H2,23,24,25);1H. The van der Waals surface area contributed by atoms with Crippen molar-refractivity contribution < 1.29 is 4.39 Å². The fourth-order valence-corrected chi connectivity index (χ4v) is 3.28. The van der Waals surface area contributed by atoms with Crippen LogP contribution < -0.4 is 10.6 Å². The smallest absolute Gasteiger partial charge is 0.191 e. The predicted molar refractivity (Wildman–Crippen MR) is 127 cm³/mol. The number of hydrogen-bond donors (Lipinski definition) is 2. The number of guanidine groups is 1. The molecular formula is C21H37FIN5. The fourth-order valence-electron chi connectivity index (χ4n) is 3.28. The van der Waals surface area contributed by atoms with Crippen molar-refractivity contribution in [2.75, 3.05) is 59.4 Å². The Labute approximate surface area is 187 Å². The SMILES string of the molecule is CCNC(=NCC(C)(C)c1cccc(F)c1)NCCN1CCCN(C)CC1.I. The van der Waals surface area contributed by atoms with Gasteiger partial charge in [-0.15, -0.1) is 24.0 Å². The molecule has 1 saturated heterocycles. The van der Waals surface area contributed by atoms with Crippen LogP contribution in [0.15, 0.2) is 29.3 Å². The summed E-state index contributed by atoms with van der Waals surface area (Å²) in [5, 5.41) is 6.76. The lowest BCUT2D eigenvalue weighted by Gasteiger charge is -2.24. The van der Waals surface area contributed by atoms with Gasteiger partial charge in [0.2, 0.25) is 0 Å². The zero-order valence-electron chi connectivity index (χ0n) is 17.8. The lowest BCUT2D eigenvalue weighted by atomic mass is 9.85. The molecule has 2 rings (SSSR count). The first-order valence-corrected chi connectivity index (χ1v) is 10.1. The van der Waals surface area contributed by atoms with Crippen molar-refractivity contribution in [1.29, 1.82) is 0 Å². The summed E-state index contributed by atoms with van der Waals surface area (Å²) in [6, 6.07) is 6.81. The minimum Gasteiger partial charge on any atom is -0.357 e. The lowest BCUT2D eigenvalue weighted by molar-refractivity contribution is 0.280. The first-order chi connectivity index (χ1) is 12.9. The third kappa shape index (κ3) is 8.61. The summed E-state index contributed by atoms with van der Waals surface area (Å²) in [7, 11) is 2.19. The van der Waals surface area contributed by atoms with Crippen LogP contribution in [0.3, 0.4) is 0 Å². The molecule has 1 aliphatic heterocycles. The van der Waals surface area contributed by atoms with Crippen molar-refractivity contribution in [2.24, 2.45) is 4.99 Å². The summed E-state index contributed by atoms with van der Waals surface area (Å²) in [6.07, 6.45) is 1.23. The van der Waals surface area contributed by atoms with Crippen LogP contribution in [0.25, 0.3) is 0 Å². The highest BCUT2D eigenvalue weighted by Crippen LogP contribution is 2.24. The monoisotopic (exact) mass is 505 g/mol. The number of hydrogen-bond acceptors (Lipinski definition) is 3. The van der Waals surface area contributed by atoms with Crippen LogP contribution >= 0.6 is 24.0 Å². The van der Waals surface area contributed by atoms with Crippen molar-refractivity contribution in [1.82, 2.24) is 20.4 Å². The molecule has 0 saturated carbocycles. The molecule has 160 valence electrons. The number of nitrogens with zero attached hydrogens (tertiary/aromatic N) is 3. The molecule has 2 N–H and O–H groups in total. The summed E-state index contributed by atoms with van der Waals surface area (Å²) >= 11 is 0. The van der Waals surface area contributed by atoms with Crippen molar-refractivity contribution in [3.8, 4) is 0 Å². The van der Waals surface area contributed by atoms with Crippen LogP contribution in [-0.4, -0.2) is 75.2 Å². The lowest BCUT2D eigenvalue weighted by Crippen LogP contribution is -2.43. The topological polar surface area (TPSA) is 42.9 Å². The van der Waals surface area contributed by atoms with Gasteiger partial charge in [0, 0.05) is 38.1 Å². The molecule has 7 heteroatoms. The van der Waals surface area contributed by atoms with E-state index in [0.717, 1.165) is 50.8 Å². The Hall–Kier alpha value is -0.930. The van der Waals surface area contributed by atoms with E-state index in [1.54, 1.807) is 12.1 Å². The molecule has 0 aliphatic carbocycles. The first-order valence-electron chi connectivity index (χ1n) is 10.1. The van der Waals surface area contributed by atoms with Crippen LogP contribution in [0.4, 0.5) is 4.39 Å². The van der Waals surface area contributed by atoms with Gasteiger partial charge >= 0.3 is 0 Å². The van der Waals surface area contributed by atoms with Gasteiger partial charge in [0.05, 0.1) is 6.54 Å². The quantitative estimate of drug-likeness (QED) is 0.340. The molecule has 0 radical (unpaired) electrons. The minimum absolute atomic E-state index is 0. The Morgan fingerprint density at radius 2 is 1.96 bits per heavy atom. The number of halogens is 2. The summed E-state index contributed by atoms with van der Waals surface area (Å²) in [6.45, 7) is 14.2. The van der Waals surface area contributed by atoms with Gasteiger partial charge in [-0.3, -0.25) is 4.99 Å². The maximum absolute atomic E-state index is 13.5. The number of aliphatic imine (C=N–C) groups is 1. The highest BCUT2D eigenvalue weighted by atomic mass is 127. The summed E-state index contributed by atoms with van der Waals surface area (Å²) < 4.78 is 13.5. The normalized spacial score (nSPS) is 17.0. The van der Waals surface area contributed by atoms with E-state index in [1.165, 1.54) is 19.0 Å². The largest absolute Gasteiger partial charge is 0.357 e. The zero-order chi connectivity index (χ0) is 19.7. The molecule has 0 bridgehead atoms. The van der Waals surface area contributed by atoms with E-state index >= 15 is 0 Å². The maximum Gasteiger partial charge on any atom is 0.191 e. The molecule has 0 spiro atoms. The molecule has 28 heavy (non-hydrogen) atoms. The van der Waals surface area contributed by atoms with Gasteiger partial charge in [-0.1, -0.05) is 26.0 Å². The summed E-state index contributed by atoms with van der Waals surface area (Å²) in [4.78, 5) is 9.66. The average Bonchev–Trinajstić information content (AvgIpc) is 2.84. The first kappa shape index (κ1) is 25.1. The second-order valence-corrected chi connectivity index (χ2v) is 8.01. The van der Waals surface area contributed by atoms with Crippen LogP contribution in [-0.2, 0) is 5.41 Å². The van der Waals surface area contributed by atoms with E-state index in [4.69, 9.17) is 4.99 Å². The number of likely N-dealkylation sites (N-methyl/N-ethyl adjacent to an activating group) is 1. The van der Waals surface area contributed by atoms with Crippen LogP contribution in [0.1, 0.15) is 32.8 Å². The van der Waals surface area contributed by atoms with Crippen LogP contribution in [0.2, 0.25) is 0 Å². The Morgan fingerprint density at radius 1 is 1.18 bits per heavy atom. The van der Waals surface area contributed by atoms with Crippen molar-refractivity contribution in [3.63, 3.8) is 0 Å². The Morgan fingerprint density at radius 3 is 2.68 bits per heavy atom. The molecule has 0 amide bonds. The third-order valence-electron chi connectivity index (χ3n) is 5.12. The number of benzene rings is 1. The molecular weight excluding hydrogens is 468 g/mol. The molecule has 1 aromatic carbocycles. The van der Waals surface area contributed by atoms with Gasteiger partial charge in [0.15, 0.2) is 5.96 Å². The van der Waals surface area contributed by atoms with Gasteiger partial charge < -0.3 is 20.4 Å². The highest BCUT2D eigenvalue weighted by molar-refractivity contribution is 14.0. The minimum atomic E-state index is -0.222. The van der Waals surface area contributed by atoms with Gasteiger partial charge in [0.25, 0.3) is 0 Å². The van der Waals surface area contributed by atoms with Crippen LogP contribution in [0, 0.1) is 5.82 Å². The molecule has 1 heterocycles. The fraction of sp³-hybridized carbons (Fsp3) is 0.667. The summed E-state index contributed by atoms with van der Waals surface area (Å²) in [5.74, 6) is 0.631. The second kappa shape index (κ2) is 12.6. The molecule has 1 aliphatic rings. The molecule has 5 nitrogen and oxygen atoms in total. The molecule has 0 unspecified atom stereocenters. The third-order valence-corrected chi connectivity index (χ3v) is 5.12. The van der Waals surface area contributed by atoms with E-state index in [-0.39, 0.29) is 35.2 Å². The van der Waals surface area contributed by atoms with E-state index in [2.05, 4.69) is 48.3 Å². The van der Waals surface area contributed by atoms with E-state index < -0.39 is 0 Å². The van der Waals surface area contributed by atoms with E-state index in [9.17, 15) is 4.39 Å². The second-order valence-electron chi connectivity index (χ2n) is 8.01. The Kier molecular flexibility index (Phi) is 11.3. The number of nitrogens with one attached hydrogen (secondary N) is 2. The molecule has 0 aromatic heterocycles. The number of rotatable bonds is 7. The molecule has 1 aromatic rings. The van der Waals surface area contributed by atoms with Crippen LogP contribution in [0.5, 0.6) is 0 Å². The maximum atomic E-state index is 13.5. The highest BCUT2D eigenvalue weighted by Gasteiger charge is 2.21. The molecule has 0 atom stereocenters. The van der Waals surface area contributed by atoms with Gasteiger partial charge in [-0.05, 0) is 51.2 Å². The molecule has 1 fully saturated rings. The Bertz CT molecular complexity index is 608. The van der Waals surface area contributed by atoms with Crippen molar-refractivity contribution in [2.45, 2.75) is 32.6 Å². The average molecular weight is 505 g/mol. The van der Waals surface area contributed by atoms with Crippen molar-refractivity contribution in [3.05, 3.63) is 35.6 Å². The summed E-state index contributed by atoms with van der Waals surface area (Å²) in [5.41, 5.74) is 0.746. The zero-order valence-corrected chi connectivity index (χ0v) is 20.1. The Balaban J connectivity index is 0.00000392. The van der Waals surface area contributed by atoms with E-state index in [1.807, 2.05) is 6.07 Å². The van der Waals surface area contributed by atoms with E-state index in [0.29, 0.717) is 6.54 Å². The van der Waals surface area contributed by atoms with Gasteiger partial charge in [-0.2, -0.15) is 0 Å². The predicted octanol–water partition coefficient (Wildman–Crippen LogP) is 2.91. The van der Waals surface area contributed by atoms with Gasteiger partial charge in [0.1, 0.15) is 5.82 Å². The van der Waals surface area contributed by atoms with Gasteiger partial charge in [-0.25, -0.2) is 4.39 Å².